The molecular weight excluding hydrogens is 250 g/mol. The molecule has 0 radical (unpaired) electrons. The molecule has 0 saturated carbocycles. The highest BCUT2D eigenvalue weighted by Crippen LogP contribution is 2.28. The van der Waals surface area contributed by atoms with Crippen LogP contribution in [0.4, 0.5) is 0 Å². The first-order valence-electron chi connectivity index (χ1n) is 7.71. The Labute approximate surface area is 124 Å². The Bertz CT molecular complexity index is 332. The van der Waals surface area contributed by atoms with E-state index in [0.717, 1.165) is 38.9 Å². The van der Waals surface area contributed by atoms with E-state index in [2.05, 4.69) is 46.4 Å². The average molecular weight is 283 g/mol. The van der Waals surface area contributed by atoms with E-state index in [-0.39, 0.29) is 16.6 Å². The zero-order valence-electron chi connectivity index (χ0n) is 14.2. The maximum atomic E-state index is 7.58. The SMILES string of the molecule is CC1(C)CN(CCCCC(C)(C)C(=N)N)CC(C)(C)O1. The summed E-state index contributed by atoms with van der Waals surface area (Å²) in [6.07, 6.45) is 3.26. The minimum absolute atomic E-state index is 0.0690. The smallest absolute Gasteiger partial charge is 0.0963 e. The van der Waals surface area contributed by atoms with Gasteiger partial charge < -0.3 is 10.5 Å². The Morgan fingerprint density at radius 3 is 2.10 bits per heavy atom. The minimum atomic E-state index is -0.163. The molecule has 0 amide bonds. The molecule has 4 nitrogen and oxygen atoms in total. The molecule has 118 valence electrons. The van der Waals surface area contributed by atoms with Crippen LogP contribution in [0.5, 0.6) is 0 Å². The highest BCUT2D eigenvalue weighted by Gasteiger charge is 2.37. The van der Waals surface area contributed by atoms with Crippen LogP contribution in [-0.4, -0.2) is 41.6 Å². The van der Waals surface area contributed by atoms with E-state index in [1.165, 1.54) is 0 Å². The van der Waals surface area contributed by atoms with Crippen molar-refractivity contribution in [2.45, 2.75) is 72.0 Å². The number of nitrogens with zero attached hydrogens (tertiary/aromatic N) is 1. The summed E-state index contributed by atoms with van der Waals surface area (Å²) in [5, 5.41) is 7.58. The monoisotopic (exact) mass is 283 g/mol. The Morgan fingerprint density at radius 1 is 1.15 bits per heavy atom. The van der Waals surface area contributed by atoms with Gasteiger partial charge in [-0.1, -0.05) is 20.3 Å². The summed E-state index contributed by atoms with van der Waals surface area (Å²) in [5.74, 6) is 0.297. The van der Waals surface area contributed by atoms with E-state index in [0.29, 0.717) is 5.84 Å². The van der Waals surface area contributed by atoms with Gasteiger partial charge in [0.1, 0.15) is 0 Å². The van der Waals surface area contributed by atoms with Gasteiger partial charge in [0.15, 0.2) is 0 Å². The number of morpholine rings is 1. The van der Waals surface area contributed by atoms with Gasteiger partial charge in [0.25, 0.3) is 0 Å². The molecule has 20 heavy (non-hydrogen) atoms. The number of nitrogens with one attached hydrogen (secondary N) is 1. The van der Waals surface area contributed by atoms with Crippen molar-refractivity contribution in [1.29, 1.82) is 5.41 Å². The normalized spacial score (nSPS) is 22.7. The van der Waals surface area contributed by atoms with Crippen molar-refractivity contribution in [3.63, 3.8) is 0 Å². The van der Waals surface area contributed by atoms with E-state index < -0.39 is 0 Å². The van der Waals surface area contributed by atoms with Crippen molar-refractivity contribution in [3.05, 3.63) is 0 Å². The van der Waals surface area contributed by atoms with Crippen molar-refractivity contribution >= 4 is 5.84 Å². The first kappa shape index (κ1) is 17.4. The van der Waals surface area contributed by atoms with Crippen LogP contribution in [0, 0.1) is 10.8 Å². The van der Waals surface area contributed by atoms with Crippen molar-refractivity contribution in [2.24, 2.45) is 11.1 Å². The standard InChI is InChI=1S/C16H33N3O/c1-14(2,13(17)18)9-7-8-10-19-11-15(3,4)20-16(5,6)12-19/h7-12H2,1-6H3,(H3,17,18). The van der Waals surface area contributed by atoms with Gasteiger partial charge in [0, 0.05) is 18.5 Å². The molecule has 0 aliphatic carbocycles. The van der Waals surface area contributed by atoms with Crippen molar-refractivity contribution < 1.29 is 4.74 Å². The summed E-state index contributed by atoms with van der Waals surface area (Å²) in [6, 6.07) is 0. The quantitative estimate of drug-likeness (QED) is 0.447. The Balaban J connectivity index is 2.37. The van der Waals surface area contributed by atoms with Gasteiger partial charge >= 0.3 is 0 Å². The third-order valence-electron chi connectivity index (χ3n) is 4.02. The maximum absolute atomic E-state index is 7.58. The van der Waals surface area contributed by atoms with Gasteiger partial charge in [-0.2, -0.15) is 0 Å². The third kappa shape index (κ3) is 5.41. The molecule has 0 bridgehead atoms. The van der Waals surface area contributed by atoms with Gasteiger partial charge in [-0.3, -0.25) is 10.3 Å². The van der Waals surface area contributed by atoms with Crippen molar-refractivity contribution in [2.75, 3.05) is 19.6 Å². The van der Waals surface area contributed by atoms with Crippen LogP contribution < -0.4 is 5.73 Å². The molecule has 1 rings (SSSR count). The topological polar surface area (TPSA) is 62.3 Å². The number of amidine groups is 1. The molecule has 3 N–H and O–H groups in total. The fraction of sp³-hybridized carbons (Fsp3) is 0.938. The Hall–Kier alpha value is -0.610. The third-order valence-corrected chi connectivity index (χ3v) is 4.02. The van der Waals surface area contributed by atoms with Gasteiger partial charge in [-0.15, -0.1) is 0 Å². The Kier molecular flexibility index (Phi) is 5.25. The zero-order valence-corrected chi connectivity index (χ0v) is 14.2. The van der Waals surface area contributed by atoms with Crippen LogP contribution in [-0.2, 0) is 4.74 Å². The molecule has 0 aromatic rings. The van der Waals surface area contributed by atoms with Gasteiger partial charge in [-0.05, 0) is 47.1 Å². The lowest BCUT2D eigenvalue weighted by molar-refractivity contribution is -0.180. The molecule has 4 heteroatoms. The molecule has 0 spiro atoms. The number of rotatable bonds is 6. The summed E-state index contributed by atoms with van der Waals surface area (Å²) >= 11 is 0. The second-order valence-electron chi connectivity index (χ2n) is 8.09. The fourth-order valence-electron chi connectivity index (χ4n) is 3.14. The first-order valence-corrected chi connectivity index (χ1v) is 7.71. The summed E-state index contributed by atoms with van der Waals surface area (Å²) in [7, 11) is 0. The second kappa shape index (κ2) is 6.02. The largest absolute Gasteiger partial charge is 0.387 e. The van der Waals surface area contributed by atoms with Crippen molar-refractivity contribution in [3.8, 4) is 0 Å². The highest BCUT2D eigenvalue weighted by molar-refractivity contribution is 5.82. The Morgan fingerprint density at radius 2 is 1.65 bits per heavy atom. The van der Waals surface area contributed by atoms with E-state index >= 15 is 0 Å². The van der Waals surface area contributed by atoms with E-state index in [9.17, 15) is 0 Å². The van der Waals surface area contributed by atoms with Crippen LogP contribution in [0.25, 0.3) is 0 Å². The minimum Gasteiger partial charge on any atom is -0.387 e. The molecular formula is C16H33N3O. The van der Waals surface area contributed by atoms with E-state index in [1.807, 2.05) is 0 Å². The highest BCUT2D eigenvalue weighted by atomic mass is 16.5. The molecule has 1 fully saturated rings. The molecule has 1 heterocycles. The van der Waals surface area contributed by atoms with Crippen LogP contribution in [0.1, 0.15) is 60.8 Å². The van der Waals surface area contributed by atoms with Crippen LogP contribution in [0.15, 0.2) is 0 Å². The predicted molar refractivity (Wildman–Crippen MR) is 85.2 cm³/mol. The number of nitrogens with two attached hydrogens (primary N) is 1. The fourth-order valence-corrected chi connectivity index (χ4v) is 3.14. The molecule has 1 aliphatic heterocycles. The number of unbranched alkanes of at least 4 members (excludes halogenated alkanes) is 1. The lowest BCUT2D eigenvalue weighted by atomic mass is 9.86. The van der Waals surface area contributed by atoms with Crippen molar-refractivity contribution in [1.82, 2.24) is 4.90 Å². The average Bonchev–Trinajstić information content (AvgIpc) is 2.19. The van der Waals surface area contributed by atoms with E-state index in [4.69, 9.17) is 15.9 Å². The van der Waals surface area contributed by atoms with E-state index in [1.54, 1.807) is 0 Å². The number of ether oxygens (including phenoxy) is 1. The first-order chi connectivity index (χ1) is 8.94. The van der Waals surface area contributed by atoms with Crippen LogP contribution in [0.3, 0.4) is 0 Å². The van der Waals surface area contributed by atoms with Gasteiger partial charge in [0.05, 0.1) is 17.0 Å². The molecule has 1 saturated heterocycles. The summed E-state index contributed by atoms with van der Waals surface area (Å²) < 4.78 is 6.10. The molecule has 0 aromatic heterocycles. The molecule has 1 aliphatic rings. The summed E-state index contributed by atoms with van der Waals surface area (Å²) in [4.78, 5) is 2.50. The van der Waals surface area contributed by atoms with Crippen LogP contribution in [0.2, 0.25) is 0 Å². The maximum Gasteiger partial charge on any atom is 0.0963 e. The predicted octanol–water partition coefficient (Wildman–Crippen LogP) is 3.01. The van der Waals surface area contributed by atoms with Crippen LogP contribution >= 0.6 is 0 Å². The number of hydrogen-bond acceptors (Lipinski definition) is 3. The molecule has 0 aromatic carbocycles. The molecule has 0 atom stereocenters. The summed E-state index contributed by atoms with van der Waals surface area (Å²) in [6.45, 7) is 15.9. The molecule has 0 unspecified atom stereocenters. The number of hydrogen-bond donors (Lipinski definition) is 2. The second-order valence-corrected chi connectivity index (χ2v) is 8.09. The van der Waals surface area contributed by atoms with Gasteiger partial charge in [-0.25, -0.2) is 0 Å². The lowest BCUT2D eigenvalue weighted by Gasteiger charge is -2.47. The summed E-state index contributed by atoms with van der Waals surface area (Å²) in [5.41, 5.74) is 5.32. The lowest BCUT2D eigenvalue weighted by Crippen LogP contribution is -2.57. The zero-order chi connectivity index (χ0) is 15.6. The van der Waals surface area contributed by atoms with Gasteiger partial charge in [0.2, 0.25) is 0 Å².